The third-order valence-corrected chi connectivity index (χ3v) is 4.48. The van der Waals surface area contributed by atoms with Crippen LogP contribution in [0.25, 0.3) is 0 Å². The van der Waals surface area contributed by atoms with Crippen molar-refractivity contribution in [3.05, 3.63) is 35.6 Å². The molecule has 0 spiro atoms. The Balaban J connectivity index is 2.01. The number of rotatable bonds is 5. The van der Waals surface area contributed by atoms with Crippen LogP contribution in [-0.4, -0.2) is 31.6 Å². The first-order valence-electron chi connectivity index (χ1n) is 7.16. The molecule has 1 N–H and O–H groups in total. The second kappa shape index (κ2) is 6.02. The van der Waals surface area contributed by atoms with Gasteiger partial charge < -0.3 is 10.2 Å². The summed E-state index contributed by atoms with van der Waals surface area (Å²) >= 11 is 0. The Morgan fingerprint density at radius 1 is 1.37 bits per heavy atom. The molecular weight excluding hydrogens is 239 g/mol. The van der Waals surface area contributed by atoms with Gasteiger partial charge in [-0.25, -0.2) is 4.39 Å². The Morgan fingerprint density at radius 2 is 2.11 bits per heavy atom. The molecule has 1 aromatic carbocycles. The summed E-state index contributed by atoms with van der Waals surface area (Å²) in [4.78, 5) is 2.26. The fourth-order valence-electron chi connectivity index (χ4n) is 3.08. The standard InChI is InChI=1S/C16H25FN2/c1-13(2)16(8-9-18-11-16)12-19(3)10-14-6-4-5-7-15(14)17/h4-7,13,18H,8-12H2,1-3H3. The Hall–Kier alpha value is -0.930. The van der Waals surface area contributed by atoms with Crippen LogP contribution >= 0.6 is 0 Å². The largest absolute Gasteiger partial charge is 0.316 e. The third kappa shape index (κ3) is 3.34. The lowest BCUT2D eigenvalue weighted by atomic mass is 9.76. The summed E-state index contributed by atoms with van der Waals surface area (Å²) in [5.74, 6) is 0.545. The highest BCUT2D eigenvalue weighted by Crippen LogP contribution is 2.35. The van der Waals surface area contributed by atoms with Crippen LogP contribution < -0.4 is 5.32 Å². The number of hydrogen-bond donors (Lipinski definition) is 1. The van der Waals surface area contributed by atoms with Crippen molar-refractivity contribution in [1.82, 2.24) is 10.2 Å². The minimum absolute atomic E-state index is 0.0995. The van der Waals surface area contributed by atoms with Crippen LogP contribution in [0.2, 0.25) is 0 Å². The van der Waals surface area contributed by atoms with Gasteiger partial charge in [-0.1, -0.05) is 32.0 Å². The minimum Gasteiger partial charge on any atom is -0.316 e. The zero-order chi connectivity index (χ0) is 13.9. The normalized spacial score (nSPS) is 23.5. The Labute approximate surface area is 116 Å². The van der Waals surface area contributed by atoms with Gasteiger partial charge in [-0.15, -0.1) is 0 Å². The summed E-state index contributed by atoms with van der Waals surface area (Å²) in [7, 11) is 2.09. The third-order valence-electron chi connectivity index (χ3n) is 4.48. The van der Waals surface area contributed by atoms with Crippen molar-refractivity contribution < 1.29 is 4.39 Å². The van der Waals surface area contributed by atoms with Gasteiger partial charge in [-0.05, 0) is 37.4 Å². The van der Waals surface area contributed by atoms with Gasteiger partial charge in [0.2, 0.25) is 0 Å². The molecule has 3 heteroatoms. The van der Waals surface area contributed by atoms with Gasteiger partial charge in [0.15, 0.2) is 0 Å². The summed E-state index contributed by atoms with van der Waals surface area (Å²) in [6.45, 7) is 8.47. The highest BCUT2D eigenvalue weighted by Gasteiger charge is 2.37. The molecule has 1 fully saturated rings. The molecule has 0 aromatic heterocycles. The Bertz CT molecular complexity index is 411. The second-order valence-corrected chi connectivity index (χ2v) is 6.21. The Kier molecular flexibility index (Phi) is 4.58. The predicted molar refractivity (Wildman–Crippen MR) is 77.5 cm³/mol. The number of nitrogens with zero attached hydrogens (tertiary/aromatic N) is 1. The van der Waals surface area contributed by atoms with Crippen LogP contribution in [0.15, 0.2) is 24.3 Å². The zero-order valence-electron chi connectivity index (χ0n) is 12.2. The van der Waals surface area contributed by atoms with E-state index in [9.17, 15) is 4.39 Å². The molecule has 0 amide bonds. The highest BCUT2D eigenvalue weighted by molar-refractivity contribution is 5.17. The SMILES string of the molecule is CC(C)C1(CN(C)Cc2ccccc2F)CCNC1. The van der Waals surface area contributed by atoms with Crippen molar-refractivity contribution >= 4 is 0 Å². The van der Waals surface area contributed by atoms with Crippen LogP contribution in [0.1, 0.15) is 25.8 Å². The smallest absolute Gasteiger partial charge is 0.127 e. The second-order valence-electron chi connectivity index (χ2n) is 6.21. The van der Waals surface area contributed by atoms with E-state index in [0.717, 1.165) is 25.2 Å². The van der Waals surface area contributed by atoms with Crippen LogP contribution in [-0.2, 0) is 6.54 Å². The quantitative estimate of drug-likeness (QED) is 0.879. The average molecular weight is 264 g/mol. The first kappa shape index (κ1) is 14.5. The van der Waals surface area contributed by atoms with Gasteiger partial charge >= 0.3 is 0 Å². The van der Waals surface area contributed by atoms with Gasteiger partial charge in [0.05, 0.1) is 0 Å². The molecule has 2 nitrogen and oxygen atoms in total. The maximum atomic E-state index is 13.7. The van der Waals surface area contributed by atoms with Gasteiger partial charge in [0.1, 0.15) is 5.82 Å². The van der Waals surface area contributed by atoms with E-state index in [-0.39, 0.29) is 5.82 Å². The molecule has 1 aliphatic heterocycles. The maximum Gasteiger partial charge on any atom is 0.127 e. The molecule has 1 aliphatic rings. The maximum absolute atomic E-state index is 13.7. The summed E-state index contributed by atoms with van der Waals surface area (Å²) in [6, 6.07) is 7.07. The number of nitrogens with one attached hydrogen (secondary N) is 1. The van der Waals surface area contributed by atoms with E-state index in [1.807, 2.05) is 12.1 Å². The van der Waals surface area contributed by atoms with E-state index in [2.05, 4.69) is 31.1 Å². The van der Waals surface area contributed by atoms with Gasteiger partial charge in [0, 0.05) is 25.2 Å². The molecule has 1 aromatic rings. The van der Waals surface area contributed by atoms with E-state index in [4.69, 9.17) is 0 Å². The van der Waals surface area contributed by atoms with Crippen LogP contribution in [0.3, 0.4) is 0 Å². The fraction of sp³-hybridized carbons (Fsp3) is 0.625. The summed E-state index contributed by atoms with van der Waals surface area (Å²) in [6.07, 6.45) is 1.21. The van der Waals surface area contributed by atoms with Crippen molar-refractivity contribution in [3.63, 3.8) is 0 Å². The molecule has 2 rings (SSSR count). The van der Waals surface area contributed by atoms with Crippen molar-refractivity contribution in [2.45, 2.75) is 26.8 Å². The van der Waals surface area contributed by atoms with E-state index in [0.29, 0.717) is 17.9 Å². The van der Waals surface area contributed by atoms with Crippen LogP contribution in [0.5, 0.6) is 0 Å². The fourth-order valence-corrected chi connectivity index (χ4v) is 3.08. The molecule has 0 aliphatic carbocycles. The number of halogens is 1. The zero-order valence-corrected chi connectivity index (χ0v) is 12.2. The summed E-state index contributed by atoms with van der Waals surface area (Å²) in [5.41, 5.74) is 1.12. The first-order valence-corrected chi connectivity index (χ1v) is 7.16. The van der Waals surface area contributed by atoms with Crippen molar-refractivity contribution in [2.24, 2.45) is 11.3 Å². The van der Waals surface area contributed by atoms with Gasteiger partial charge in [0.25, 0.3) is 0 Å². The first-order chi connectivity index (χ1) is 9.03. The lowest BCUT2D eigenvalue weighted by Gasteiger charge is -2.36. The topological polar surface area (TPSA) is 15.3 Å². The minimum atomic E-state index is -0.0995. The molecule has 19 heavy (non-hydrogen) atoms. The van der Waals surface area contributed by atoms with Crippen molar-refractivity contribution in [3.8, 4) is 0 Å². The van der Waals surface area contributed by atoms with Crippen molar-refractivity contribution in [1.29, 1.82) is 0 Å². The van der Waals surface area contributed by atoms with E-state index < -0.39 is 0 Å². The average Bonchev–Trinajstić information content (AvgIpc) is 2.82. The molecule has 1 atom stereocenters. The lowest BCUT2D eigenvalue weighted by Crippen LogP contribution is -2.41. The highest BCUT2D eigenvalue weighted by atomic mass is 19.1. The van der Waals surface area contributed by atoms with Crippen molar-refractivity contribution in [2.75, 3.05) is 26.7 Å². The summed E-state index contributed by atoms with van der Waals surface area (Å²) < 4.78 is 13.7. The monoisotopic (exact) mass is 264 g/mol. The molecule has 106 valence electrons. The molecule has 1 unspecified atom stereocenters. The van der Waals surface area contributed by atoms with Crippen LogP contribution in [0.4, 0.5) is 4.39 Å². The van der Waals surface area contributed by atoms with Gasteiger partial charge in [-0.2, -0.15) is 0 Å². The lowest BCUT2D eigenvalue weighted by molar-refractivity contribution is 0.131. The van der Waals surface area contributed by atoms with E-state index in [1.54, 1.807) is 12.1 Å². The molecular formula is C16H25FN2. The molecule has 0 radical (unpaired) electrons. The van der Waals surface area contributed by atoms with Crippen LogP contribution in [0, 0.1) is 17.2 Å². The molecule has 1 heterocycles. The Morgan fingerprint density at radius 3 is 2.68 bits per heavy atom. The van der Waals surface area contributed by atoms with E-state index >= 15 is 0 Å². The predicted octanol–water partition coefficient (Wildman–Crippen LogP) is 2.89. The van der Waals surface area contributed by atoms with Gasteiger partial charge in [-0.3, -0.25) is 0 Å². The summed E-state index contributed by atoms with van der Waals surface area (Å²) in [5, 5.41) is 3.47. The number of hydrogen-bond acceptors (Lipinski definition) is 2. The molecule has 1 saturated heterocycles. The molecule has 0 saturated carbocycles. The molecule has 0 bridgehead atoms. The van der Waals surface area contributed by atoms with E-state index in [1.165, 1.54) is 6.42 Å². The number of benzene rings is 1.